The molecule has 0 aromatic heterocycles. The summed E-state index contributed by atoms with van der Waals surface area (Å²) in [6.07, 6.45) is 11.2. The van der Waals surface area contributed by atoms with Crippen LogP contribution in [0.15, 0.2) is 0 Å². The summed E-state index contributed by atoms with van der Waals surface area (Å²) in [5, 5.41) is 0. The first-order valence-electron chi connectivity index (χ1n) is 10.5. The molecule has 0 radical (unpaired) electrons. The number of hydrogen-bond acceptors (Lipinski definition) is 4. The molecule has 5 aliphatic rings. The van der Waals surface area contributed by atoms with Gasteiger partial charge in [0, 0.05) is 18.0 Å². The van der Waals surface area contributed by atoms with Crippen molar-refractivity contribution in [1.82, 2.24) is 4.72 Å². The molecule has 154 valence electrons. The molecule has 0 amide bonds. The number of rotatable bonds is 6. The maximum Gasteiger partial charge on any atom is 0.456 e. The molecular formula is C20H30F3NO2S. The lowest BCUT2D eigenvalue weighted by Crippen LogP contribution is -2.50. The van der Waals surface area contributed by atoms with E-state index in [4.69, 9.17) is 4.74 Å². The van der Waals surface area contributed by atoms with Gasteiger partial charge in [-0.25, -0.2) is 0 Å². The number of nitrogens with one attached hydrogen (secondary N) is 1. The SMILES string of the molecule is O=C(OCCC1CCC(NSC(F)(F)F)CC1)C12CC3CC(CC(C3)C1)C2. The van der Waals surface area contributed by atoms with Crippen molar-refractivity contribution in [2.24, 2.45) is 29.1 Å². The van der Waals surface area contributed by atoms with Crippen molar-refractivity contribution in [3.63, 3.8) is 0 Å². The van der Waals surface area contributed by atoms with E-state index in [1.165, 1.54) is 19.3 Å². The van der Waals surface area contributed by atoms with Crippen LogP contribution in [0.4, 0.5) is 13.2 Å². The monoisotopic (exact) mass is 405 g/mol. The van der Waals surface area contributed by atoms with Gasteiger partial charge < -0.3 is 4.74 Å². The van der Waals surface area contributed by atoms with E-state index < -0.39 is 5.51 Å². The average Bonchev–Trinajstić information content (AvgIpc) is 2.59. The first-order chi connectivity index (χ1) is 12.8. The van der Waals surface area contributed by atoms with E-state index in [0.29, 0.717) is 12.5 Å². The van der Waals surface area contributed by atoms with Crippen LogP contribution in [0, 0.1) is 29.1 Å². The predicted octanol–water partition coefficient (Wildman–Crippen LogP) is 5.45. The van der Waals surface area contributed by atoms with E-state index in [-0.39, 0.29) is 29.4 Å². The number of hydrogen-bond donors (Lipinski definition) is 1. The van der Waals surface area contributed by atoms with Gasteiger partial charge >= 0.3 is 11.5 Å². The number of alkyl halides is 3. The van der Waals surface area contributed by atoms with Gasteiger partial charge in [0.25, 0.3) is 0 Å². The van der Waals surface area contributed by atoms with Gasteiger partial charge in [-0.05, 0) is 94.3 Å². The lowest BCUT2D eigenvalue weighted by atomic mass is 9.49. The predicted molar refractivity (Wildman–Crippen MR) is 98.7 cm³/mol. The molecule has 0 spiro atoms. The fourth-order valence-corrected chi connectivity index (χ4v) is 7.09. The van der Waals surface area contributed by atoms with Gasteiger partial charge in [-0.2, -0.15) is 13.2 Å². The molecule has 0 aromatic carbocycles. The zero-order chi connectivity index (χ0) is 19.1. The Labute approximate surface area is 163 Å². The van der Waals surface area contributed by atoms with E-state index in [2.05, 4.69) is 4.72 Å². The summed E-state index contributed by atoms with van der Waals surface area (Å²) >= 11 is -0.129. The molecule has 4 bridgehead atoms. The number of carbonyl (C=O) groups excluding carboxylic acids is 1. The van der Waals surface area contributed by atoms with Gasteiger partial charge in [-0.15, -0.1) is 0 Å². The minimum atomic E-state index is -4.22. The molecular weight excluding hydrogens is 375 g/mol. The normalized spacial score (nSPS) is 40.9. The Balaban J connectivity index is 1.16. The van der Waals surface area contributed by atoms with Gasteiger partial charge in [-0.1, -0.05) is 0 Å². The summed E-state index contributed by atoms with van der Waals surface area (Å²) in [7, 11) is 0. The Bertz CT molecular complexity index is 511. The number of ether oxygens (including phenoxy) is 1. The molecule has 0 unspecified atom stereocenters. The van der Waals surface area contributed by atoms with Crippen LogP contribution in [-0.4, -0.2) is 24.1 Å². The zero-order valence-corrected chi connectivity index (χ0v) is 16.5. The minimum Gasteiger partial charge on any atom is -0.465 e. The quantitative estimate of drug-likeness (QED) is 0.471. The Morgan fingerprint density at radius 2 is 1.56 bits per heavy atom. The third-order valence-electron chi connectivity index (χ3n) is 7.42. The molecule has 0 saturated heterocycles. The summed E-state index contributed by atoms with van der Waals surface area (Å²) in [4.78, 5) is 12.8. The largest absolute Gasteiger partial charge is 0.465 e. The third kappa shape index (κ3) is 4.77. The molecule has 5 fully saturated rings. The second-order valence-electron chi connectivity index (χ2n) is 9.51. The molecule has 1 N–H and O–H groups in total. The highest BCUT2D eigenvalue weighted by Crippen LogP contribution is 2.60. The van der Waals surface area contributed by atoms with Gasteiger partial charge in [0.2, 0.25) is 0 Å². The fraction of sp³-hybridized carbons (Fsp3) is 0.950. The van der Waals surface area contributed by atoms with Gasteiger partial charge in [0.05, 0.1) is 12.0 Å². The highest BCUT2D eigenvalue weighted by atomic mass is 32.2. The molecule has 5 rings (SSSR count). The molecule has 0 heterocycles. The van der Waals surface area contributed by atoms with Crippen LogP contribution in [0.2, 0.25) is 0 Å². The molecule has 0 aliphatic heterocycles. The van der Waals surface area contributed by atoms with Crippen molar-refractivity contribution in [3.05, 3.63) is 0 Å². The molecule has 3 nitrogen and oxygen atoms in total. The highest BCUT2D eigenvalue weighted by molar-refractivity contribution is 7.98. The van der Waals surface area contributed by atoms with E-state index in [9.17, 15) is 18.0 Å². The Kier molecular flexibility index (Phi) is 5.72. The second kappa shape index (κ2) is 7.77. The summed E-state index contributed by atoms with van der Waals surface area (Å²) in [6.45, 7) is 0.473. The van der Waals surface area contributed by atoms with Crippen LogP contribution >= 0.6 is 11.9 Å². The average molecular weight is 406 g/mol. The molecule has 0 aromatic rings. The standard InChI is InChI=1S/C20H30F3NO2S/c21-20(22,23)27-24-17-3-1-13(2-4-17)5-6-26-18(25)19-10-14-7-15(11-19)9-16(8-14)12-19/h13-17,24H,1-12H2. The molecule has 0 atom stereocenters. The van der Waals surface area contributed by atoms with Gasteiger partial charge in [0.1, 0.15) is 0 Å². The van der Waals surface area contributed by atoms with Crippen LogP contribution < -0.4 is 4.72 Å². The van der Waals surface area contributed by atoms with E-state index in [1.807, 2.05) is 0 Å². The minimum absolute atomic E-state index is 0.0403. The first-order valence-corrected chi connectivity index (χ1v) is 11.3. The van der Waals surface area contributed by atoms with Crippen LogP contribution in [0.1, 0.15) is 70.6 Å². The van der Waals surface area contributed by atoms with Crippen molar-refractivity contribution >= 4 is 17.9 Å². The van der Waals surface area contributed by atoms with Crippen LogP contribution in [0.25, 0.3) is 0 Å². The van der Waals surface area contributed by atoms with Crippen LogP contribution in [0.3, 0.4) is 0 Å². The van der Waals surface area contributed by atoms with Crippen molar-refractivity contribution in [3.8, 4) is 0 Å². The van der Waals surface area contributed by atoms with E-state index in [1.54, 1.807) is 0 Å². The maximum absolute atomic E-state index is 12.8. The van der Waals surface area contributed by atoms with Gasteiger partial charge in [0.15, 0.2) is 0 Å². The highest BCUT2D eigenvalue weighted by Gasteiger charge is 2.55. The summed E-state index contributed by atoms with van der Waals surface area (Å²) in [6, 6.07) is -0.0672. The lowest BCUT2D eigenvalue weighted by molar-refractivity contribution is -0.172. The maximum atomic E-state index is 12.8. The summed E-state index contributed by atoms with van der Waals surface area (Å²) in [5.74, 6) is 2.71. The zero-order valence-electron chi connectivity index (χ0n) is 15.7. The smallest absolute Gasteiger partial charge is 0.456 e. The number of esters is 1. The lowest BCUT2D eigenvalue weighted by Gasteiger charge is -2.55. The molecule has 7 heteroatoms. The number of carbonyl (C=O) groups is 1. The summed E-state index contributed by atoms with van der Waals surface area (Å²) < 4.78 is 45.0. The third-order valence-corrected chi connectivity index (χ3v) is 8.10. The van der Waals surface area contributed by atoms with Crippen LogP contribution in [0.5, 0.6) is 0 Å². The fourth-order valence-electron chi connectivity index (χ4n) is 6.55. The number of halogens is 3. The molecule has 5 saturated carbocycles. The van der Waals surface area contributed by atoms with Gasteiger partial charge in [-0.3, -0.25) is 9.52 Å². The van der Waals surface area contributed by atoms with Crippen molar-refractivity contribution in [2.75, 3.05) is 6.61 Å². The van der Waals surface area contributed by atoms with Crippen LogP contribution in [-0.2, 0) is 9.53 Å². The Morgan fingerprint density at radius 3 is 2.07 bits per heavy atom. The van der Waals surface area contributed by atoms with Crippen molar-refractivity contribution in [2.45, 2.75) is 82.2 Å². The first kappa shape index (κ1) is 19.9. The summed E-state index contributed by atoms with van der Waals surface area (Å²) in [5.41, 5.74) is -4.41. The molecule has 5 aliphatic carbocycles. The second-order valence-corrected chi connectivity index (χ2v) is 10.4. The Morgan fingerprint density at radius 1 is 1.00 bits per heavy atom. The van der Waals surface area contributed by atoms with Crippen molar-refractivity contribution < 1.29 is 22.7 Å². The van der Waals surface area contributed by atoms with E-state index >= 15 is 0 Å². The Hall–Kier alpha value is -0.430. The molecule has 27 heavy (non-hydrogen) atoms. The topological polar surface area (TPSA) is 38.3 Å². The van der Waals surface area contributed by atoms with E-state index in [0.717, 1.165) is 69.1 Å². The van der Waals surface area contributed by atoms with Crippen molar-refractivity contribution in [1.29, 1.82) is 0 Å².